The molecule has 1 N–H and O–H groups in total. The highest BCUT2D eigenvalue weighted by Gasteiger charge is 2.30. The summed E-state index contributed by atoms with van der Waals surface area (Å²) in [5.74, 6) is 0.581. The van der Waals surface area contributed by atoms with Crippen molar-refractivity contribution in [3.63, 3.8) is 0 Å². The number of ether oxygens (including phenoxy) is 2. The van der Waals surface area contributed by atoms with Crippen molar-refractivity contribution in [2.24, 2.45) is 5.41 Å². The standard InChI is InChI=1S/C17H25NO3/c1-12-5-8-15(13(9-12)10-18-14-6-7-14)21-11-17(2,3)16(19)20-4/h5,8-9,14,18H,6-7,10-11H2,1-4H3. The normalized spacial score (nSPS) is 14.9. The molecule has 4 heteroatoms. The summed E-state index contributed by atoms with van der Waals surface area (Å²) in [4.78, 5) is 11.7. The van der Waals surface area contributed by atoms with Crippen LogP contribution in [-0.2, 0) is 16.1 Å². The van der Waals surface area contributed by atoms with Crippen LogP contribution in [0.25, 0.3) is 0 Å². The first-order chi connectivity index (χ1) is 9.92. The number of hydrogen-bond acceptors (Lipinski definition) is 4. The molecule has 0 atom stereocenters. The molecule has 0 heterocycles. The van der Waals surface area contributed by atoms with Crippen LogP contribution in [0.2, 0.25) is 0 Å². The van der Waals surface area contributed by atoms with Gasteiger partial charge in [-0.25, -0.2) is 0 Å². The molecule has 0 radical (unpaired) electrons. The number of aryl methyl sites for hydroxylation is 1. The van der Waals surface area contributed by atoms with Crippen LogP contribution in [0.5, 0.6) is 5.75 Å². The maximum absolute atomic E-state index is 11.7. The van der Waals surface area contributed by atoms with Crippen molar-refractivity contribution in [2.45, 2.75) is 46.2 Å². The predicted octanol–water partition coefficient (Wildman–Crippen LogP) is 2.83. The summed E-state index contributed by atoms with van der Waals surface area (Å²) in [5.41, 5.74) is 1.70. The fraction of sp³-hybridized carbons (Fsp3) is 0.588. The maximum atomic E-state index is 11.7. The Labute approximate surface area is 126 Å². The first-order valence-corrected chi connectivity index (χ1v) is 7.46. The molecule has 1 aliphatic rings. The monoisotopic (exact) mass is 291 g/mol. The molecule has 0 aliphatic heterocycles. The molecular weight excluding hydrogens is 266 g/mol. The van der Waals surface area contributed by atoms with E-state index in [9.17, 15) is 4.79 Å². The molecule has 1 saturated carbocycles. The molecule has 0 aromatic heterocycles. The SMILES string of the molecule is COC(=O)C(C)(C)COc1ccc(C)cc1CNC1CC1. The Morgan fingerprint density at radius 3 is 2.71 bits per heavy atom. The summed E-state index contributed by atoms with van der Waals surface area (Å²) in [5, 5.41) is 3.50. The second-order valence-electron chi connectivity index (χ2n) is 6.43. The van der Waals surface area contributed by atoms with Gasteiger partial charge in [0.05, 0.1) is 12.5 Å². The second kappa shape index (κ2) is 6.48. The Hall–Kier alpha value is -1.55. The average Bonchev–Trinajstić information content (AvgIpc) is 3.27. The van der Waals surface area contributed by atoms with Crippen LogP contribution in [0.3, 0.4) is 0 Å². The molecule has 2 rings (SSSR count). The van der Waals surface area contributed by atoms with Crippen molar-refractivity contribution in [1.82, 2.24) is 5.32 Å². The van der Waals surface area contributed by atoms with E-state index in [0.717, 1.165) is 17.9 Å². The summed E-state index contributed by atoms with van der Waals surface area (Å²) in [7, 11) is 1.40. The van der Waals surface area contributed by atoms with Crippen molar-refractivity contribution >= 4 is 5.97 Å². The zero-order valence-electron chi connectivity index (χ0n) is 13.4. The van der Waals surface area contributed by atoms with E-state index >= 15 is 0 Å². The summed E-state index contributed by atoms with van der Waals surface area (Å²) in [6.07, 6.45) is 2.52. The quantitative estimate of drug-likeness (QED) is 0.785. The smallest absolute Gasteiger partial charge is 0.314 e. The van der Waals surface area contributed by atoms with Gasteiger partial charge in [0.2, 0.25) is 0 Å². The fourth-order valence-corrected chi connectivity index (χ4v) is 2.12. The van der Waals surface area contributed by atoms with E-state index in [0.29, 0.717) is 12.6 Å². The number of methoxy groups -OCH3 is 1. The molecule has 0 saturated heterocycles. The van der Waals surface area contributed by atoms with Crippen LogP contribution in [-0.4, -0.2) is 25.7 Å². The van der Waals surface area contributed by atoms with Crippen LogP contribution >= 0.6 is 0 Å². The molecule has 21 heavy (non-hydrogen) atoms. The summed E-state index contributed by atoms with van der Waals surface area (Å²) in [6, 6.07) is 6.80. The molecule has 1 aromatic rings. The topological polar surface area (TPSA) is 47.6 Å². The van der Waals surface area contributed by atoms with Crippen LogP contribution in [0.4, 0.5) is 0 Å². The number of hydrogen-bond donors (Lipinski definition) is 1. The van der Waals surface area contributed by atoms with E-state index in [2.05, 4.69) is 18.3 Å². The molecule has 1 fully saturated rings. The van der Waals surface area contributed by atoms with Crippen molar-refractivity contribution in [1.29, 1.82) is 0 Å². The van der Waals surface area contributed by atoms with Gasteiger partial charge in [0.15, 0.2) is 0 Å². The highest BCUT2D eigenvalue weighted by molar-refractivity contribution is 5.75. The van der Waals surface area contributed by atoms with Gasteiger partial charge in [-0.05, 0) is 39.7 Å². The average molecular weight is 291 g/mol. The van der Waals surface area contributed by atoms with E-state index in [-0.39, 0.29) is 5.97 Å². The van der Waals surface area contributed by atoms with E-state index in [1.165, 1.54) is 25.5 Å². The van der Waals surface area contributed by atoms with Gasteiger partial charge >= 0.3 is 5.97 Å². The third-order valence-corrected chi connectivity index (χ3v) is 3.70. The number of benzene rings is 1. The Morgan fingerprint density at radius 1 is 1.38 bits per heavy atom. The molecular formula is C17H25NO3. The number of carbonyl (C=O) groups excluding carboxylic acids is 1. The minimum absolute atomic E-state index is 0.257. The van der Waals surface area contributed by atoms with Crippen LogP contribution in [0.15, 0.2) is 18.2 Å². The minimum Gasteiger partial charge on any atom is -0.492 e. The van der Waals surface area contributed by atoms with Gasteiger partial charge in [-0.15, -0.1) is 0 Å². The Balaban J connectivity index is 2.02. The highest BCUT2D eigenvalue weighted by Crippen LogP contribution is 2.26. The van der Waals surface area contributed by atoms with Crippen molar-refractivity contribution in [3.05, 3.63) is 29.3 Å². The minimum atomic E-state index is -0.652. The van der Waals surface area contributed by atoms with Gasteiger partial charge < -0.3 is 14.8 Å². The summed E-state index contributed by atoms with van der Waals surface area (Å²) < 4.78 is 10.7. The van der Waals surface area contributed by atoms with Crippen molar-refractivity contribution < 1.29 is 14.3 Å². The van der Waals surface area contributed by atoms with Gasteiger partial charge in [0, 0.05) is 18.2 Å². The van der Waals surface area contributed by atoms with E-state index in [1.807, 2.05) is 26.0 Å². The number of esters is 1. The van der Waals surface area contributed by atoms with Crippen LogP contribution in [0, 0.1) is 12.3 Å². The first-order valence-electron chi connectivity index (χ1n) is 7.46. The highest BCUT2D eigenvalue weighted by atomic mass is 16.5. The fourth-order valence-electron chi connectivity index (χ4n) is 2.12. The molecule has 1 aromatic carbocycles. The van der Waals surface area contributed by atoms with E-state index in [1.54, 1.807) is 0 Å². The lowest BCUT2D eigenvalue weighted by molar-refractivity contribution is -0.152. The molecule has 116 valence electrons. The Morgan fingerprint density at radius 2 is 2.10 bits per heavy atom. The Bertz CT molecular complexity index is 507. The van der Waals surface area contributed by atoms with Gasteiger partial charge in [0.25, 0.3) is 0 Å². The third kappa shape index (κ3) is 4.46. The lowest BCUT2D eigenvalue weighted by Crippen LogP contribution is -2.32. The molecule has 0 spiro atoms. The molecule has 4 nitrogen and oxygen atoms in total. The zero-order valence-corrected chi connectivity index (χ0v) is 13.4. The molecule has 0 amide bonds. The summed E-state index contributed by atoms with van der Waals surface area (Å²) >= 11 is 0. The first kappa shape index (κ1) is 15.8. The van der Waals surface area contributed by atoms with Crippen molar-refractivity contribution in [2.75, 3.05) is 13.7 Å². The molecule has 1 aliphatic carbocycles. The summed E-state index contributed by atoms with van der Waals surface area (Å²) in [6.45, 7) is 6.84. The third-order valence-electron chi connectivity index (χ3n) is 3.70. The van der Waals surface area contributed by atoms with Gasteiger partial charge in [-0.3, -0.25) is 4.79 Å². The van der Waals surface area contributed by atoms with Crippen molar-refractivity contribution in [3.8, 4) is 5.75 Å². The van der Waals surface area contributed by atoms with E-state index in [4.69, 9.17) is 9.47 Å². The molecule has 0 unspecified atom stereocenters. The van der Waals surface area contributed by atoms with Crippen LogP contribution < -0.4 is 10.1 Å². The van der Waals surface area contributed by atoms with Crippen LogP contribution in [0.1, 0.15) is 37.8 Å². The largest absolute Gasteiger partial charge is 0.492 e. The van der Waals surface area contributed by atoms with E-state index < -0.39 is 5.41 Å². The number of rotatable bonds is 7. The van der Waals surface area contributed by atoms with Gasteiger partial charge in [-0.1, -0.05) is 17.7 Å². The zero-order chi connectivity index (χ0) is 15.5. The molecule has 0 bridgehead atoms. The second-order valence-corrected chi connectivity index (χ2v) is 6.43. The predicted molar refractivity (Wildman–Crippen MR) is 82.3 cm³/mol. The Kier molecular flexibility index (Phi) is 4.88. The van der Waals surface area contributed by atoms with Gasteiger partial charge in [0.1, 0.15) is 12.4 Å². The number of nitrogens with one attached hydrogen (secondary N) is 1. The lowest BCUT2D eigenvalue weighted by atomic mass is 9.95. The van der Waals surface area contributed by atoms with Gasteiger partial charge in [-0.2, -0.15) is 0 Å². The lowest BCUT2D eigenvalue weighted by Gasteiger charge is -2.23. The number of carbonyl (C=O) groups is 1. The maximum Gasteiger partial charge on any atom is 0.314 e.